The summed E-state index contributed by atoms with van der Waals surface area (Å²) in [5.41, 5.74) is -0.337. The molecular formula is C8H9BrOS. The van der Waals surface area contributed by atoms with Crippen LogP contribution in [0.3, 0.4) is 0 Å². The summed E-state index contributed by atoms with van der Waals surface area (Å²) in [4.78, 5) is 11.7. The molecule has 0 spiro atoms. The van der Waals surface area contributed by atoms with Gasteiger partial charge >= 0.3 is 0 Å². The first-order valence-corrected chi connectivity index (χ1v) is 4.94. The van der Waals surface area contributed by atoms with E-state index < -0.39 is 0 Å². The predicted molar refractivity (Wildman–Crippen MR) is 51.1 cm³/mol. The van der Waals surface area contributed by atoms with Crippen molar-refractivity contribution in [3.63, 3.8) is 0 Å². The summed E-state index contributed by atoms with van der Waals surface area (Å²) >= 11 is 4.95. The lowest BCUT2D eigenvalue weighted by atomic mass is 9.94. The molecule has 0 radical (unpaired) electrons. The van der Waals surface area contributed by atoms with E-state index in [0.29, 0.717) is 0 Å². The van der Waals surface area contributed by atoms with E-state index in [0.717, 1.165) is 15.6 Å². The van der Waals surface area contributed by atoms with Gasteiger partial charge in [-0.2, -0.15) is 0 Å². The van der Waals surface area contributed by atoms with E-state index in [4.69, 9.17) is 0 Å². The largest absolute Gasteiger partial charge is 0.302 e. The van der Waals surface area contributed by atoms with Gasteiger partial charge in [-0.3, -0.25) is 0 Å². The Balaban J connectivity index is 3.01. The summed E-state index contributed by atoms with van der Waals surface area (Å²) < 4.78 is 1.05. The molecule has 11 heavy (non-hydrogen) atoms. The zero-order valence-electron chi connectivity index (χ0n) is 6.43. The molecule has 0 aromatic carbocycles. The van der Waals surface area contributed by atoms with Crippen molar-refractivity contribution in [1.82, 2.24) is 0 Å². The fourth-order valence-corrected chi connectivity index (χ4v) is 2.22. The topological polar surface area (TPSA) is 17.1 Å². The van der Waals surface area contributed by atoms with Gasteiger partial charge in [-0.25, -0.2) is 0 Å². The summed E-state index contributed by atoms with van der Waals surface area (Å²) in [6.07, 6.45) is 0.977. The van der Waals surface area contributed by atoms with Gasteiger partial charge in [0.15, 0.2) is 0 Å². The highest BCUT2D eigenvalue weighted by molar-refractivity contribution is 9.10. The number of carbonyl (C=O) groups is 1. The number of thiophene rings is 1. The minimum absolute atomic E-state index is 0.337. The zero-order valence-corrected chi connectivity index (χ0v) is 8.83. The van der Waals surface area contributed by atoms with Crippen molar-refractivity contribution in [2.24, 2.45) is 0 Å². The first kappa shape index (κ1) is 8.94. The Labute approximate surface area is 78.6 Å². The summed E-state index contributed by atoms with van der Waals surface area (Å²) in [6.45, 7) is 3.83. The first-order chi connectivity index (χ1) is 5.06. The Bertz CT molecular complexity index is 265. The maximum absolute atomic E-state index is 10.6. The predicted octanol–water partition coefficient (Wildman–Crippen LogP) is 2.99. The molecule has 0 amide bonds. The molecule has 0 bridgehead atoms. The molecule has 0 saturated heterocycles. The molecule has 1 aromatic heterocycles. The standard InChI is InChI=1S/C8H9BrOS/c1-8(2,5-10)7-3-6(9)4-11-7/h3-5H,1-2H3. The van der Waals surface area contributed by atoms with Gasteiger partial charge in [-0.15, -0.1) is 11.3 Å². The lowest BCUT2D eigenvalue weighted by molar-refractivity contribution is -0.111. The van der Waals surface area contributed by atoms with Crippen LogP contribution in [0.2, 0.25) is 0 Å². The lowest BCUT2D eigenvalue weighted by Gasteiger charge is -2.13. The van der Waals surface area contributed by atoms with Crippen molar-refractivity contribution in [3.05, 3.63) is 20.8 Å². The van der Waals surface area contributed by atoms with Crippen LogP contribution >= 0.6 is 27.3 Å². The van der Waals surface area contributed by atoms with Crippen molar-refractivity contribution < 1.29 is 4.79 Å². The van der Waals surface area contributed by atoms with Crippen LogP contribution in [0.15, 0.2) is 15.9 Å². The molecule has 60 valence electrons. The number of aldehydes is 1. The third kappa shape index (κ3) is 1.91. The molecule has 0 unspecified atom stereocenters. The van der Waals surface area contributed by atoms with Crippen LogP contribution in [-0.4, -0.2) is 6.29 Å². The molecule has 1 heterocycles. The van der Waals surface area contributed by atoms with Gasteiger partial charge in [-0.05, 0) is 35.8 Å². The SMILES string of the molecule is CC(C)(C=O)c1cc(Br)cs1. The highest BCUT2D eigenvalue weighted by Crippen LogP contribution is 2.29. The number of carbonyl (C=O) groups excluding carboxylic acids is 1. The van der Waals surface area contributed by atoms with Crippen molar-refractivity contribution in [2.45, 2.75) is 19.3 Å². The van der Waals surface area contributed by atoms with Crippen molar-refractivity contribution in [2.75, 3.05) is 0 Å². The zero-order chi connectivity index (χ0) is 8.48. The number of halogens is 1. The highest BCUT2D eigenvalue weighted by Gasteiger charge is 2.20. The van der Waals surface area contributed by atoms with Crippen molar-refractivity contribution in [3.8, 4) is 0 Å². The molecule has 0 aliphatic heterocycles. The second kappa shape index (κ2) is 3.07. The quantitative estimate of drug-likeness (QED) is 0.717. The number of hydrogen-bond donors (Lipinski definition) is 0. The smallest absolute Gasteiger partial charge is 0.130 e. The molecule has 0 aliphatic rings. The Morgan fingerprint density at radius 2 is 2.27 bits per heavy atom. The summed E-state index contributed by atoms with van der Waals surface area (Å²) in [5, 5.41) is 1.99. The van der Waals surface area contributed by atoms with E-state index in [1.54, 1.807) is 11.3 Å². The third-order valence-corrected chi connectivity index (χ3v) is 3.53. The molecule has 1 nitrogen and oxygen atoms in total. The van der Waals surface area contributed by atoms with Crippen LogP contribution in [0.1, 0.15) is 18.7 Å². The van der Waals surface area contributed by atoms with Gasteiger partial charge in [0.25, 0.3) is 0 Å². The molecule has 3 heteroatoms. The second-order valence-corrected chi connectivity index (χ2v) is 4.80. The van der Waals surface area contributed by atoms with E-state index in [-0.39, 0.29) is 5.41 Å². The fraction of sp³-hybridized carbons (Fsp3) is 0.375. The Morgan fingerprint density at radius 1 is 1.64 bits per heavy atom. The average molecular weight is 233 g/mol. The van der Waals surface area contributed by atoms with Gasteiger partial charge in [0.1, 0.15) is 6.29 Å². The minimum atomic E-state index is -0.337. The summed E-state index contributed by atoms with van der Waals surface area (Å²) in [6, 6.07) is 1.99. The maximum Gasteiger partial charge on any atom is 0.130 e. The first-order valence-electron chi connectivity index (χ1n) is 3.27. The van der Waals surface area contributed by atoms with Gasteiger partial charge < -0.3 is 4.79 Å². The molecule has 0 saturated carbocycles. The van der Waals surface area contributed by atoms with Crippen molar-refractivity contribution >= 4 is 33.6 Å². The van der Waals surface area contributed by atoms with E-state index >= 15 is 0 Å². The molecule has 0 atom stereocenters. The lowest BCUT2D eigenvalue weighted by Crippen LogP contribution is -2.16. The summed E-state index contributed by atoms with van der Waals surface area (Å²) in [7, 11) is 0. The van der Waals surface area contributed by atoms with Crippen LogP contribution in [-0.2, 0) is 10.2 Å². The van der Waals surface area contributed by atoms with Crippen LogP contribution < -0.4 is 0 Å². The molecular weight excluding hydrogens is 224 g/mol. The van der Waals surface area contributed by atoms with E-state index in [9.17, 15) is 4.79 Å². The molecule has 0 N–H and O–H groups in total. The molecule has 1 rings (SSSR count). The highest BCUT2D eigenvalue weighted by atomic mass is 79.9. The Kier molecular flexibility index (Phi) is 2.50. The van der Waals surface area contributed by atoms with E-state index in [1.165, 1.54) is 0 Å². The van der Waals surface area contributed by atoms with E-state index in [1.807, 2.05) is 25.3 Å². The molecule has 0 aliphatic carbocycles. The van der Waals surface area contributed by atoms with Crippen LogP contribution in [0, 0.1) is 0 Å². The minimum Gasteiger partial charge on any atom is -0.302 e. The average Bonchev–Trinajstić information content (AvgIpc) is 2.36. The van der Waals surface area contributed by atoms with Gasteiger partial charge in [-0.1, -0.05) is 0 Å². The third-order valence-electron chi connectivity index (χ3n) is 1.50. The molecule has 1 aromatic rings. The normalized spacial score (nSPS) is 11.5. The fourth-order valence-electron chi connectivity index (χ4n) is 0.709. The second-order valence-electron chi connectivity index (χ2n) is 2.97. The van der Waals surface area contributed by atoms with Crippen molar-refractivity contribution in [1.29, 1.82) is 0 Å². The van der Waals surface area contributed by atoms with Gasteiger partial charge in [0, 0.05) is 14.7 Å². The number of rotatable bonds is 2. The van der Waals surface area contributed by atoms with Crippen LogP contribution in [0.4, 0.5) is 0 Å². The molecule has 0 fully saturated rings. The Morgan fingerprint density at radius 3 is 2.64 bits per heavy atom. The summed E-state index contributed by atoms with van der Waals surface area (Å²) in [5.74, 6) is 0. The maximum atomic E-state index is 10.6. The monoisotopic (exact) mass is 232 g/mol. The van der Waals surface area contributed by atoms with E-state index in [2.05, 4.69) is 15.9 Å². The number of hydrogen-bond acceptors (Lipinski definition) is 2. The van der Waals surface area contributed by atoms with Crippen LogP contribution in [0.5, 0.6) is 0 Å². The van der Waals surface area contributed by atoms with Crippen LogP contribution in [0.25, 0.3) is 0 Å². The Hall–Kier alpha value is -0.150. The van der Waals surface area contributed by atoms with Gasteiger partial charge in [0.05, 0.1) is 5.41 Å². The van der Waals surface area contributed by atoms with Gasteiger partial charge in [0.2, 0.25) is 0 Å².